The van der Waals surface area contributed by atoms with Crippen LogP contribution in [0.3, 0.4) is 0 Å². The number of fused-ring (bicyclic) bond motifs is 1. The van der Waals surface area contributed by atoms with Crippen LogP contribution in [-0.2, 0) is 7.05 Å². The molecular weight excluding hydrogens is 216 g/mol. The largest absolute Gasteiger partial charge is 0.873 e. The molecule has 5 heteroatoms. The summed E-state index contributed by atoms with van der Waals surface area (Å²) >= 11 is 5.46. The molecule has 79 valence electrons. The van der Waals surface area contributed by atoms with Crippen molar-refractivity contribution < 1.29 is 5.11 Å². The smallest absolute Gasteiger partial charge is 0.274 e. The van der Waals surface area contributed by atoms with Crippen molar-refractivity contribution in [3.05, 3.63) is 39.9 Å². The van der Waals surface area contributed by atoms with Crippen LogP contribution < -0.4 is 21.5 Å². The topological polar surface area (TPSA) is 50.0 Å². The molecule has 0 atom stereocenters. The van der Waals surface area contributed by atoms with E-state index in [0.29, 0.717) is 5.48 Å². The summed E-state index contributed by atoms with van der Waals surface area (Å²) in [6.07, 6.45) is 5.34. The number of halogens is 1. The Labute approximate surface area is 91.0 Å². The van der Waals surface area contributed by atoms with E-state index in [9.17, 15) is 9.90 Å². The zero-order chi connectivity index (χ0) is 11.0. The molecule has 2 heterocycles. The predicted octanol–water partition coefficient (Wildman–Crippen LogP) is -1.75. The van der Waals surface area contributed by atoms with Crippen LogP contribution in [-0.4, -0.2) is 15.0 Å². The highest BCUT2D eigenvalue weighted by molar-refractivity contribution is 6.21. The van der Waals surface area contributed by atoms with Gasteiger partial charge in [-0.05, 0) is 6.08 Å². The number of hydrogen-bond donors (Lipinski definition) is 0. The molecule has 0 unspecified atom stereocenters. The summed E-state index contributed by atoms with van der Waals surface area (Å²) in [4.78, 5) is 11.8. The number of rotatable bonds is 1. The molecule has 1 aromatic heterocycles. The normalized spacial score (nSPS) is 15.9. The molecule has 0 amide bonds. The van der Waals surface area contributed by atoms with Crippen molar-refractivity contribution in [2.24, 2.45) is 7.05 Å². The Hall–Kier alpha value is -1.42. The third kappa shape index (κ3) is 1.41. The first-order chi connectivity index (χ1) is 7.16. The fourth-order valence-electron chi connectivity index (χ4n) is 1.58. The van der Waals surface area contributed by atoms with Crippen LogP contribution in [0.4, 0.5) is 0 Å². The molecule has 0 spiro atoms. The Bertz CT molecular complexity index is 592. The van der Waals surface area contributed by atoms with E-state index in [2.05, 4.69) is 0 Å². The average Bonchev–Trinajstić information content (AvgIpc) is 2.52. The summed E-state index contributed by atoms with van der Waals surface area (Å²) in [5.74, 6) is -0.542. The van der Waals surface area contributed by atoms with Gasteiger partial charge in [0.15, 0.2) is 0 Å². The van der Waals surface area contributed by atoms with Crippen LogP contribution in [0.1, 0.15) is 0 Å². The van der Waals surface area contributed by atoms with Crippen molar-refractivity contribution in [2.45, 2.75) is 0 Å². The van der Waals surface area contributed by atoms with Gasteiger partial charge in [-0.3, -0.25) is 9.36 Å². The molecule has 0 aromatic carbocycles. The van der Waals surface area contributed by atoms with Crippen LogP contribution in [0.2, 0.25) is 0 Å². The molecule has 0 saturated heterocycles. The van der Waals surface area contributed by atoms with Gasteiger partial charge in [0, 0.05) is 12.9 Å². The summed E-state index contributed by atoms with van der Waals surface area (Å²) in [5, 5.41) is 11.6. The lowest BCUT2D eigenvalue weighted by molar-refractivity contribution is -0.248. The van der Waals surface area contributed by atoms with Gasteiger partial charge >= 0.3 is 0 Å². The highest BCUT2D eigenvalue weighted by Crippen LogP contribution is 1.90. The third-order valence-corrected chi connectivity index (χ3v) is 2.56. The number of aromatic nitrogens is 2. The Morgan fingerprint density at radius 2 is 2.27 bits per heavy atom. The number of alkyl halides is 1. The van der Waals surface area contributed by atoms with E-state index in [1.54, 1.807) is 30.3 Å². The second kappa shape index (κ2) is 3.62. The van der Waals surface area contributed by atoms with Crippen molar-refractivity contribution in [1.82, 2.24) is 9.13 Å². The molecule has 15 heavy (non-hydrogen) atoms. The zero-order valence-corrected chi connectivity index (χ0v) is 8.86. The maximum Gasteiger partial charge on any atom is 0.274 e. The van der Waals surface area contributed by atoms with Crippen LogP contribution in [0.5, 0.6) is 0 Å². The van der Waals surface area contributed by atoms with Crippen LogP contribution in [0.15, 0.2) is 16.9 Å². The molecule has 2 rings (SSSR count). The predicted molar refractivity (Wildman–Crippen MR) is 56.4 cm³/mol. The molecule has 1 aromatic rings. The lowest BCUT2D eigenvalue weighted by Crippen LogP contribution is -2.37. The summed E-state index contributed by atoms with van der Waals surface area (Å²) in [6.45, 7) is 1.68. The molecular formula is C10H9ClN2O2-. The van der Waals surface area contributed by atoms with Gasteiger partial charge in [0.05, 0.1) is 11.9 Å². The Kier molecular flexibility index (Phi) is 2.44. The van der Waals surface area contributed by atoms with E-state index in [4.69, 9.17) is 11.6 Å². The molecule has 0 aliphatic carbocycles. The van der Waals surface area contributed by atoms with E-state index in [1.807, 2.05) is 6.08 Å². The van der Waals surface area contributed by atoms with Gasteiger partial charge in [0.25, 0.3) is 5.56 Å². The molecule has 0 saturated carbocycles. The highest BCUT2D eigenvalue weighted by atomic mass is 35.5. The van der Waals surface area contributed by atoms with Gasteiger partial charge in [0.2, 0.25) is 0 Å². The molecule has 1 aliphatic rings. The van der Waals surface area contributed by atoms with E-state index in [-0.39, 0.29) is 22.5 Å². The minimum absolute atomic E-state index is 0.114. The standard InChI is InChI=1S/C10H10ClN2O2/c1-12-8-4-2-3-5-13(8)9(10(12)15)7(14)6-11/h2-5,14H,6H2,1H3/p-1. The summed E-state index contributed by atoms with van der Waals surface area (Å²) < 4.78 is 2.99. The van der Waals surface area contributed by atoms with Crippen molar-refractivity contribution >= 4 is 23.4 Å². The van der Waals surface area contributed by atoms with E-state index in [0.717, 1.165) is 0 Å². The van der Waals surface area contributed by atoms with Gasteiger partial charge in [-0.2, -0.15) is 0 Å². The van der Waals surface area contributed by atoms with Crippen molar-refractivity contribution in [1.29, 1.82) is 0 Å². The molecule has 0 N–H and O–H groups in total. The maximum absolute atomic E-state index is 11.8. The van der Waals surface area contributed by atoms with E-state index < -0.39 is 0 Å². The molecule has 0 fully saturated rings. The summed E-state index contributed by atoms with van der Waals surface area (Å²) in [6, 6.07) is 0. The van der Waals surface area contributed by atoms with Crippen molar-refractivity contribution in [3.8, 4) is 0 Å². The fraction of sp³-hybridized carbons (Fsp3) is 0.200. The van der Waals surface area contributed by atoms with Gasteiger partial charge < -0.3 is 9.67 Å². The maximum atomic E-state index is 11.8. The van der Waals surface area contributed by atoms with Crippen molar-refractivity contribution in [3.63, 3.8) is 0 Å². The van der Waals surface area contributed by atoms with Crippen LogP contribution in [0.25, 0.3) is 11.8 Å². The van der Waals surface area contributed by atoms with Gasteiger partial charge in [-0.1, -0.05) is 17.9 Å². The monoisotopic (exact) mass is 224 g/mol. The molecule has 1 radical (unpaired) electrons. The van der Waals surface area contributed by atoms with E-state index in [1.165, 1.54) is 4.57 Å². The summed E-state index contributed by atoms with van der Waals surface area (Å²) in [7, 11) is 1.63. The van der Waals surface area contributed by atoms with Crippen LogP contribution in [0, 0.1) is 6.54 Å². The number of imidazole rings is 1. The zero-order valence-electron chi connectivity index (χ0n) is 8.11. The number of allylic oxidation sites excluding steroid dienone is 2. The Morgan fingerprint density at radius 1 is 1.53 bits per heavy atom. The molecule has 1 aliphatic heterocycles. The molecule has 4 nitrogen and oxygen atoms in total. The summed E-state index contributed by atoms with van der Waals surface area (Å²) in [5.41, 5.74) is 0.364. The van der Waals surface area contributed by atoms with Gasteiger partial charge in [-0.15, -0.1) is 11.6 Å². The highest BCUT2D eigenvalue weighted by Gasteiger charge is 2.08. The number of hydrogen-bond acceptors (Lipinski definition) is 2. The number of nitrogens with zero attached hydrogens (tertiary/aromatic N) is 2. The first-order valence-electron chi connectivity index (χ1n) is 4.42. The minimum atomic E-state index is -0.358. The SMILES string of the molecule is Cn1c(=O)c(=C([O-])CCl)n2c1=CC=C[CH]2. The second-order valence-electron chi connectivity index (χ2n) is 3.20. The van der Waals surface area contributed by atoms with Gasteiger partial charge in [0.1, 0.15) is 5.48 Å². The third-order valence-electron chi connectivity index (χ3n) is 2.32. The van der Waals surface area contributed by atoms with E-state index >= 15 is 0 Å². The lowest BCUT2D eigenvalue weighted by atomic mass is 10.4. The Morgan fingerprint density at radius 3 is 2.93 bits per heavy atom. The average molecular weight is 225 g/mol. The first-order valence-corrected chi connectivity index (χ1v) is 4.95. The van der Waals surface area contributed by atoms with Gasteiger partial charge in [-0.25, -0.2) is 0 Å². The first kappa shape index (κ1) is 10.1. The second-order valence-corrected chi connectivity index (χ2v) is 3.47. The molecule has 0 bridgehead atoms. The lowest BCUT2D eigenvalue weighted by Gasteiger charge is -2.08. The Balaban J connectivity index is 2.98. The fourth-order valence-corrected chi connectivity index (χ4v) is 1.71. The quantitative estimate of drug-likeness (QED) is 0.532. The van der Waals surface area contributed by atoms with Crippen LogP contribution >= 0.6 is 11.6 Å². The minimum Gasteiger partial charge on any atom is -0.873 e. The van der Waals surface area contributed by atoms with Crippen molar-refractivity contribution in [2.75, 3.05) is 5.88 Å².